The molecule has 0 saturated heterocycles. The zero-order chi connectivity index (χ0) is 30.9. The zero-order valence-corrected chi connectivity index (χ0v) is 26.5. The number of hydrogen-bond acceptors (Lipinski definition) is 4. The fourth-order valence-corrected chi connectivity index (χ4v) is 9.10. The highest BCUT2D eigenvalue weighted by atomic mass is 16.5. The van der Waals surface area contributed by atoms with Crippen molar-refractivity contribution in [3.05, 3.63) is 158 Å². The molecule has 230 valence electrons. The van der Waals surface area contributed by atoms with Crippen molar-refractivity contribution in [1.82, 2.24) is 15.0 Å². The molecule has 47 heavy (non-hydrogen) atoms. The van der Waals surface area contributed by atoms with Crippen LogP contribution in [0.15, 0.2) is 125 Å². The van der Waals surface area contributed by atoms with Crippen molar-refractivity contribution < 1.29 is 4.74 Å². The van der Waals surface area contributed by atoms with Gasteiger partial charge in [0.05, 0.1) is 11.8 Å². The Hall–Kier alpha value is -4.83. The molecule has 10 rings (SSSR count). The molecule has 0 fully saturated rings. The molecule has 0 spiro atoms. The highest BCUT2D eigenvalue weighted by Crippen LogP contribution is 2.51. The molecule has 0 N–H and O–H groups in total. The van der Waals surface area contributed by atoms with Gasteiger partial charge in [-0.05, 0) is 113 Å². The monoisotopic (exact) mass is 611 g/mol. The van der Waals surface area contributed by atoms with Crippen LogP contribution >= 0.6 is 0 Å². The largest absolute Gasteiger partial charge is 0.461 e. The minimum absolute atomic E-state index is 0.0200. The molecular formula is C43H37N3O. The molecule has 0 amide bonds. The lowest BCUT2D eigenvalue weighted by Gasteiger charge is -2.37. The summed E-state index contributed by atoms with van der Waals surface area (Å²) in [6.45, 7) is 0. The van der Waals surface area contributed by atoms with Crippen molar-refractivity contribution in [2.75, 3.05) is 0 Å². The second kappa shape index (κ2) is 10.9. The molecule has 1 aliphatic heterocycles. The average molecular weight is 612 g/mol. The summed E-state index contributed by atoms with van der Waals surface area (Å²) in [7, 11) is 0. The number of nitrogens with zero attached hydrogens (tertiary/aromatic N) is 3. The molecular weight excluding hydrogens is 574 g/mol. The van der Waals surface area contributed by atoms with E-state index in [0.717, 1.165) is 67.0 Å². The predicted octanol–water partition coefficient (Wildman–Crippen LogP) is 8.19. The number of hydrogen-bond donors (Lipinski definition) is 0. The van der Waals surface area contributed by atoms with Crippen LogP contribution in [0.1, 0.15) is 92.2 Å². The summed E-state index contributed by atoms with van der Waals surface area (Å²) in [6, 6.07) is 17.0. The Morgan fingerprint density at radius 3 is 2.57 bits per heavy atom. The SMILES string of the molecule is C1=CCC2CCC3=C(CCC4=C3CCC(c3nc(C5C=c6ccccc6=CC5)nc(C5C=CC=C6Oc7ccccc7C65)n3)=C4)C2=C1. The van der Waals surface area contributed by atoms with Gasteiger partial charge < -0.3 is 4.74 Å². The van der Waals surface area contributed by atoms with Crippen LogP contribution in [-0.4, -0.2) is 15.0 Å². The normalized spacial score (nSPS) is 26.6. The van der Waals surface area contributed by atoms with Crippen molar-refractivity contribution in [1.29, 1.82) is 0 Å². The summed E-state index contributed by atoms with van der Waals surface area (Å²) in [5.41, 5.74) is 10.5. The first-order chi connectivity index (χ1) is 23.3. The van der Waals surface area contributed by atoms with Crippen LogP contribution in [0.25, 0.3) is 17.7 Å². The van der Waals surface area contributed by atoms with Crippen LogP contribution in [0.5, 0.6) is 5.75 Å². The van der Waals surface area contributed by atoms with Crippen molar-refractivity contribution >= 4 is 17.7 Å². The molecule has 6 aliphatic carbocycles. The number of allylic oxidation sites excluding steroid dienone is 14. The number of fused-ring (bicyclic) bond motifs is 7. The molecule has 0 saturated carbocycles. The first kappa shape index (κ1) is 27.3. The third-order valence-corrected chi connectivity index (χ3v) is 11.4. The van der Waals surface area contributed by atoms with E-state index in [1.165, 1.54) is 46.4 Å². The number of rotatable bonds is 3. The third kappa shape index (κ3) is 4.52. The van der Waals surface area contributed by atoms with Crippen molar-refractivity contribution in [3.8, 4) is 5.75 Å². The van der Waals surface area contributed by atoms with Gasteiger partial charge in [-0.1, -0.05) is 91.1 Å². The number of aromatic nitrogens is 3. The van der Waals surface area contributed by atoms with Crippen molar-refractivity contribution in [2.24, 2.45) is 5.92 Å². The van der Waals surface area contributed by atoms with Gasteiger partial charge in [0.1, 0.15) is 23.2 Å². The van der Waals surface area contributed by atoms with Crippen LogP contribution in [0.2, 0.25) is 0 Å². The summed E-state index contributed by atoms with van der Waals surface area (Å²) in [5.74, 6) is 5.36. The molecule has 7 aliphatic rings. The summed E-state index contributed by atoms with van der Waals surface area (Å²) < 4.78 is 6.33. The van der Waals surface area contributed by atoms with E-state index in [9.17, 15) is 0 Å². The quantitative estimate of drug-likeness (QED) is 0.300. The molecule has 4 unspecified atom stereocenters. The van der Waals surface area contributed by atoms with E-state index in [-0.39, 0.29) is 17.8 Å². The van der Waals surface area contributed by atoms with Crippen LogP contribution in [0, 0.1) is 5.92 Å². The summed E-state index contributed by atoms with van der Waals surface area (Å²) in [4.78, 5) is 15.9. The molecule has 0 bridgehead atoms. The minimum Gasteiger partial charge on any atom is -0.461 e. The van der Waals surface area contributed by atoms with Gasteiger partial charge in [-0.15, -0.1) is 0 Å². The molecule has 4 nitrogen and oxygen atoms in total. The Labute approximate surface area is 275 Å². The maximum absolute atomic E-state index is 6.33. The Morgan fingerprint density at radius 2 is 1.60 bits per heavy atom. The van der Waals surface area contributed by atoms with Crippen LogP contribution in [0.3, 0.4) is 0 Å². The van der Waals surface area contributed by atoms with Crippen LogP contribution in [0.4, 0.5) is 0 Å². The van der Waals surface area contributed by atoms with Gasteiger partial charge in [0.2, 0.25) is 0 Å². The predicted molar refractivity (Wildman–Crippen MR) is 187 cm³/mol. The molecule has 3 aromatic rings. The second-order valence-corrected chi connectivity index (χ2v) is 14.0. The minimum atomic E-state index is -0.0200. The fraction of sp³-hybridized carbons (Fsp3) is 0.279. The lowest BCUT2D eigenvalue weighted by molar-refractivity contribution is 0.413. The first-order valence-electron chi connectivity index (χ1n) is 17.5. The Kier molecular flexibility index (Phi) is 6.31. The van der Waals surface area contributed by atoms with E-state index in [0.29, 0.717) is 0 Å². The maximum Gasteiger partial charge on any atom is 0.159 e. The summed E-state index contributed by atoms with van der Waals surface area (Å²) in [6.07, 6.45) is 29.5. The Bertz CT molecular complexity index is 2210. The van der Waals surface area contributed by atoms with Crippen LogP contribution in [-0.2, 0) is 0 Å². The van der Waals surface area contributed by atoms with Gasteiger partial charge >= 0.3 is 0 Å². The van der Waals surface area contributed by atoms with Gasteiger partial charge in [-0.25, -0.2) is 15.0 Å². The highest BCUT2D eigenvalue weighted by molar-refractivity contribution is 5.70. The van der Waals surface area contributed by atoms with E-state index in [2.05, 4.69) is 97.1 Å². The molecule has 4 heteroatoms. The van der Waals surface area contributed by atoms with Crippen molar-refractivity contribution in [2.45, 2.75) is 69.1 Å². The fourth-order valence-electron chi connectivity index (χ4n) is 9.10. The average Bonchev–Trinajstić information content (AvgIpc) is 3.53. The molecule has 4 atom stereocenters. The zero-order valence-electron chi connectivity index (χ0n) is 26.5. The molecule has 1 aromatic heterocycles. The molecule has 2 aromatic carbocycles. The topological polar surface area (TPSA) is 47.9 Å². The number of para-hydroxylation sites is 1. The summed E-state index contributed by atoms with van der Waals surface area (Å²) in [5, 5.41) is 2.54. The van der Waals surface area contributed by atoms with Crippen molar-refractivity contribution in [3.63, 3.8) is 0 Å². The van der Waals surface area contributed by atoms with E-state index in [1.54, 1.807) is 22.3 Å². The van der Waals surface area contributed by atoms with E-state index in [4.69, 9.17) is 19.7 Å². The maximum atomic E-state index is 6.33. The Balaban J connectivity index is 1.08. The lowest BCUT2D eigenvalue weighted by Crippen LogP contribution is -2.28. The first-order valence-corrected chi connectivity index (χ1v) is 17.5. The Morgan fingerprint density at radius 1 is 0.723 bits per heavy atom. The number of benzene rings is 2. The second-order valence-electron chi connectivity index (χ2n) is 14.0. The molecule has 0 radical (unpaired) electrons. The standard InChI is InChI=1S/C43H37N3O/c1-2-10-28-24-30(17-16-26(28)8-1)41-44-42(46-43(45-41)37-13-7-15-39-40(37)36-12-5-6-14-38(36)47-39)31-20-21-33-29(25-31)19-23-34-32-11-4-3-9-27(32)18-22-35(33)34/h1-8,10-16,24-25,27,30,37,40H,9,17-23H2. The van der Waals surface area contributed by atoms with E-state index >= 15 is 0 Å². The van der Waals surface area contributed by atoms with Gasteiger partial charge in [-0.2, -0.15) is 0 Å². The lowest BCUT2D eigenvalue weighted by atomic mass is 9.68. The number of ether oxygens (including phenoxy) is 1. The van der Waals surface area contributed by atoms with E-state index in [1.807, 2.05) is 6.07 Å². The molecule has 2 heterocycles. The summed E-state index contributed by atoms with van der Waals surface area (Å²) >= 11 is 0. The smallest absolute Gasteiger partial charge is 0.159 e. The van der Waals surface area contributed by atoms with Gasteiger partial charge in [-0.3, -0.25) is 0 Å². The van der Waals surface area contributed by atoms with Gasteiger partial charge in [0.25, 0.3) is 0 Å². The van der Waals surface area contributed by atoms with E-state index < -0.39 is 0 Å². The van der Waals surface area contributed by atoms with Gasteiger partial charge in [0, 0.05) is 11.5 Å². The van der Waals surface area contributed by atoms with Gasteiger partial charge in [0.15, 0.2) is 5.82 Å². The highest BCUT2D eigenvalue weighted by Gasteiger charge is 2.39. The third-order valence-electron chi connectivity index (χ3n) is 11.4. The van der Waals surface area contributed by atoms with Crippen LogP contribution < -0.4 is 15.2 Å².